The molecule has 1 aromatic carbocycles. The van der Waals surface area contributed by atoms with E-state index in [-0.39, 0.29) is 11.9 Å². The number of hydrogen-bond donors (Lipinski definition) is 3. The quantitative estimate of drug-likeness (QED) is 0.589. The second kappa shape index (κ2) is 9.55. The highest BCUT2D eigenvalue weighted by atomic mass is 16.4. The van der Waals surface area contributed by atoms with Gasteiger partial charge in [-0.2, -0.15) is 4.98 Å². The number of aromatic nitrogens is 2. The lowest BCUT2D eigenvalue weighted by molar-refractivity contribution is -0.143. The van der Waals surface area contributed by atoms with Crippen LogP contribution in [0.25, 0.3) is 0 Å². The van der Waals surface area contributed by atoms with Crippen LogP contribution in [0.1, 0.15) is 37.3 Å². The summed E-state index contributed by atoms with van der Waals surface area (Å²) in [6.45, 7) is 3.30. The fourth-order valence-electron chi connectivity index (χ4n) is 5.22. The van der Waals surface area contributed by atoms with Crippen LogP contribution in [-0.2, 0) is 9.59 Å². The van der Waals surface area contributed by atoms with Gasteiger partial charge in [-0.25, -0.2) is 4.98 Å². The molecule has 1 atom stereocenters. The van der Waals surface area contributed by atoms with Crippen molar-refractivity contribution in [2.45, 2.75) is 37.8 Å². The Bertz CT molecular complexity index is 1050. The number of fused-ring (bicyclic) bond motifs is 1. The topological polar surface area (TPSA) is 114 Å². The van der Waals surface area contributed by atoms with Gasteiger partial charge in [0, 0.05) is 45.0 Å². The van der Waals surface area contributed by atoms with E-state index in [1.54, 1.807) is 6.20 Å². The first kappa shape index (κ1) is 22.5. The lowest BCUT2D eigenvalue weighted by Crippen LogP contribution is -2.49. The Labute approximate surface area is 199 Å². The van der Waals surface area contributed by atoms with E-state index in [9.17, 15) is 14.7 Å². The molecule has 1 amide bonds. The van der Waals surface area contributed by atoms with Gasteiger partial charge in [0.05, 0.1) is 18.4 Å². The average molecular weight is 466 g/mol. The minimum atomic E-state index is -0.846. The number of carbonyl (C=O) groups excluding carboxylic acids is 1. The number of carboxylic acid groups (broad SMARTS) is 1. The summed E-state index contributed by atoms with van der Waals surface area (Å²) in [6.07, 6.45) is 6.03. The number of rotatable bonds is 6. The predicted octanol–water partition coefficient (Wildman–Crippen LogP) is 1.98. The van der Waals surface area contributed by atoms with Crippen molar-refractivity contribution >= 4 is 35.0 Å². The fourth-order valence-corrected chi connectivity index (χ4v) is 5.22. The molecule has 10 nitrogen and oxygen atoms in total. The Morgan fingerprint density at radius 1 is 1.18 bits per heavy atom. The Hall–Kier alpha value is -3.24. The largest absolute Gasteiger partial charge is 0.480 e. The standard InChI is InChI=1S/C24H31N7O3/c1-29-15-20(32)31(18-4-2-3-5-18)22-19(29)14-26-24(28-22)27-17-8-6-16(7-9-17)21(23(33)34)30-12-10-25-11-13-30/h6-9,14,18,21,25H,2-5,10-13,15H2,1H3,(H,33,34)(H,26,27,28). The van der Waals surface area contributed by atoms with Crippen molar-refractivity contribution in [3.05, 3.63) is 36.0 Å². The van der Waals surface area contributed by atoms with Gasteiger partial charge < -0.3 is 20.6 Å². The summed E-state index contributed by atoms with van der Waals surface area (Å²) in [6, 6.07) is 6.90. The molecule has 1 aromatic heterocycles. The summed E-state index contributed by atoms with van der Waals surface area (Å²) >= 11 is 0. The van der Waals surface area contributed by atoms with Gasteiger partial charge in [0.1, 0.15) is 6.04 Å². The summed E-state index contributed by atoms with van der Waals surface area (Å²) in [4.78, 5) is 39.8. The summed E-state index contributed by atoms with van der Waals surface area (Å²) in [5.41, 5.74) is 2.36. The fraction of sp³-hybridized carbons (Fsp3) is 0.500. The van der Waals surface area contributed by atoms with Gasteiger partial charge in [-0.05, 0) is 30.5 Å². The van der Waals surface area contributed by atoms with Crippen molar-refractivity contribution in [2.24, 2.45) is 0 Å². The first-order valence-corrected chi connectivity index (χ1v) is 12.0. The van der Waals surface area contributed by atoms with Gasteiger partial charge in [0.15, 0.2) is 5.82 Å². The van der Waals surface area contributed by atoms with Crippen molar-refractivity contribution in [2.75, 3.05) is 54.9 Å². The highest BCUT2D eigenvalue weighted by Crippen LogP contribution is 2.37. The molecule has 1 saturated heterocycles. The van der Waals surface area contributed by atoms with Crippen LogP contribution in [0.15, 0.2) is 30.5 Å². The first-order valence-electron chi connectivity index (χ1n) is 12.0. The van der Waals surface area contributed by atoms with Crippen LogP contribution in [-0.4, -0.2) is 77.7 Å². The van der Waals surface area contributed by atoms with Crippen molar-refractivity contribution < 1.29 is 14.7 Å². The van der Waals surface area contributed by atoms with Gasteiger partial charge in [-0.1, -0.05) is 25.0 Å². The minimum Gasteiger partial charge on any atom is -0.480 e. The number of anilines is 4. The third-order valence-electron chi connectivity index (χ3n) is 6.95. The zero-order chi connectivity index (χ0) is 23.7. The molecule has 5 rings (SSSR count). The summed E-state index contributed by atoms with van der Waals surface area (Å²) < 4.78 is 0. The zero-order valence-electron chi connectivity index (χ0n) is 19.4. The monoisotopic (exact) mass is 465 g/mol. The maximum Gasteiger partial charge on any atom is 0.325 e. The number of amides is 1. The molecule has 1 unspecified atom stereocenters. The van der Waals surface area contributed by atoms with Crippen molar-refractivity contribution in [3.63, 3.8) is 0 Å². The maximum atomic E-state index is 12.9. The SMILES string of the molecule is CN1CC(=O)N(C2CCCC2)c2nc(Nc3ccc(C(C(=O)O)N4CCNCC4)cc3)ncc21. The van der Waals surface area contributed by atoms with Crippen LogP contribution in [0, 0.1) is 0 Å². The number of carbonyl (C=O) groups is 2. The molecule has 34 heavy (non-hydrogen) atoms. The van der Waals surface area contributed by atoms with Crippen LogP contribution < -0.4 is 20.4 Å². The summed E-state index contributed by atoms with van der Waals surface area (Å²) in [7, 11) is 1.88. The molecule has 180 valence electrons. The van der Waals surface area contributed by atoms with Crippen LogP contribution in [0.4, 0.5) is 23.1 Å². The molecule has 10 heteroatoms. The molecule has 2 fully saturated rings. The molecule has 2 aliphatic heterocycles. The molecular formula is C24H31N7O3. The van der Waals surface area contributed by atoms with Crippen LogP contribution in [0.5, 0.6) is 0 Å². The van der Waals surface area contributed by atoms with Gasteiger partial charge in [0.25, 0.3) is 0 Å². The number of benzene rings is 1. The Kier molecular flexibility index (Phi) is 6.34. The molecular weight excluding hydrogens is 434 g/mol. The second-order valence-electron chi connectivity index (χ2n) is 9.23. The lowest BCUT2D eigenvalue weighted by Gasteiger charge is -2.37. The number of hydrogen-bond acceptors (Lipinski definition) is 8. The number of piperazine rings is 1. The molecule has 0 bridgehead atoms. The third-order valence-corrected chi connectivity index (χ3v) is 6.95. The first-order chi connectivity index (χ1) is 16.5. The molecule has 0 radical (unpaired) electrons. The second-order valence-corrected chi connectivity index (χ2v) is 9.23. The van der Waals surface area contributed by atoms with Gasteiger partial charge in [0.2, 0.25) is 11.9 Å². The molecule has 3 N–H and O–H groups in total. The number of nitrogens with one attached hydrogen (secondary N) is 2. The number of aliphatic carboxylic acids is 1. The Morgan fingerprint density at radius 2 is 1.88 bits per heavy atom. The van der Waals surface area contributed by atoms with Crippen molar-refractivity contribution in [3.8, 4) is 0 Å². The minimum absolute atomic E-state index is 0.0727. The van der Waals surface area contributed by atoms with Gasteiger partial charge in [-0.3, -0.25) is 19.4 Å². The molecule has 3 heterocycles. The summed E-state index contributed by atoms with van der Waals surface area (Å²) in [5, 5.41) is 16.3. The predicted molar refractivity (Wildman–Crippen MR) is 130 cm³/mol. The average Bonchev–Trinajstić information content (AvgIpc) is 3.35. The molecule has 2 aromatic rings. The van der Waals surface area contributed by atoms with Crippen molar-refractivity contribution in [1.82, 2.24) is 20.2 Å². The van der Waals surface area contributed by atoms with E-state index in [0.29, 0.717) is 31.4 Å². The van der Waals surface area contributed by atoms with E-state index >= 15 is 0 Å². The van der Waals surface area contributed by atoms with Crippen LogP contribution in [0.2, 0.25) is 0 Å². The van der Waals surface area contributed by atoms with E-state index in [0.717, 1.165) is 55.7 Å². The molecule has 1 saturated carbocycles. The molecule has 0 spiro atoms. The maximum absolute atomic E-state index is 12.9. The van der Waals surface area contributed by atoms with E-state index in [4.69, 9.17) is 4.98 Å². The summed E-state index contributed by atoms with van der Waals surface area (Å²) in [5.74, 6) is 0.295. The smallest absolute Gasteiger partial charge is 0.325 e. The molecule has 1 aliphatic carbocycles. The number of carboxylic acids is 1. The Balaban J connectivity index is 1.36. The van der Waals surface area contributed by atoms with Crippen LogP contribution >= 0.6 is 0 Å². The lowest BCUT2D eigenvalue weighted by atomic mass is 10.0. The highest BCUT2D eigenvalue weighted by molar-refractivity contribution is 6.02. The normalized spacial score (nSPS) is 20.3. The Morgan fingerprint density at radius 3 is 2.56 bits per heavy atom. The van der Waals surface area contributed by atoms with E-state index < -0.39 is 12.0 Å². The highest BCUT2D eigenvalue weighted by Gasteiger charge is 2.36. The number of likely N-dealkylation sites (N-methyl/N-ethyl adjacent to an activating group) is 1. The van der Waals surface area contributed by atoms with Crippen LogP contribution in [0.3, 0.4) is 0 Å². The van der Waals surface area contributed by atoms with Gasteiger partial charge in [-0.15, -0.1) is 0 Å². The van der Waals surface area contributed by atoms with E-state index in [1.807, 2.05) is 46.0 Å². The van der Waals surface area contributed by atoms with E-state index in [2.05, 4.69) is 15.6 Å². The van der Waals surface area contributed by atoms with Gasteiger partial charge >= 0.3 is 5.97 Å². The third kappa shape index (κ3) is 4.43. The number of nitrogens with zero attached hydrogens (tertiary/aromatic N) is 5. The van der Waals surface area contributed by atoms with E-state index in [1.165, 1.54) is 0 Å². The zero-order valence-corrected chi connectivity index (χ0v) is 19.4. The molecule has 3 aliphatic rings. The van der Waals surface area contributed by atoms with Crippen molar-refractivity contribution in [1.29, 1.82) is 0 Å².